The lowest BCUT2D eigenvalue weighted by atomic mass is 10.1. The second kappa shape index (κ2) is 7.39. The van der Waals surface area contributed by atoms with Crippen molar-refractivity contribution in [1.82, 2.24) is 0 Å². The van der Waals surface area contributed by atoms with Crippen LogP contribution in [0.5, 0.6) is 0 Å². The van der Waals surface area contributed by atoms with Gasteiger partial charge in [-0.2, -0.15) is 9.48 Å². The maximum Gasteiger partial charge on any atom is 0.134 e. The number of hydrogen-bond donors (Lipinski definition) is 0. The molecule has 1 unspecified atom stereocenters. The smallest absolute Gasteiger partial charge is 0.134 e. The predicted octanol–water partition coefficient (Wildman–Crippen LogP) is 4.42. The van der Waals surface area contributed by atoms with Crippen LogP contribution in [0.1, 0.15) is 25.0 Å². The van der Waals surface area contributed by atoms with Gasteiger partial charge >= 0.3 is 0 Å². The molecule has 0 N–H and O–H groups in total. The van der Waals surface area contributed by atoms with Crippen LogP contribution in [0.15, 0.2) is 60.7 Å². The fourth-order valence-corrected chi connectivity index (χ4v) is 2.71. The van der Waals surface area contributed by atoms with Crippen molar-refractivity contribution in [2.24, 2.45) is 5.92 Å². The minimum Gasteiger partial charge on any atom is -0.198 e. The summed E-state index contributed by atoms with van der Waals surface area (Å²) < 4.78 is 0.608. The third-order valence-electron chi connectivity index (χ3n) is 3.50. The SMILES string of the molecule is CC(C)C[N+](C)(Cc1ccccc1)OCc1ccccc1. The first-order valence-electron chi connectivity index (χ1n) is 7.64. The predicted molar refractivity (Wildman–Crippen MR) is 87.3 cm³/mol. The van der Waals surface area contributed by atoms with E-state index < -0.39 is 0 Å². The first kappa shape index (κ1) is 15.7. The molecule has 0 fully saturated rings. The average molecular weight is 284 g/mol. The summed E-state index contributed by atoms with van der Waals surface area (Å²) in [5, 5.41) is 0. The van der Waals surface area contributed by atoms with Gasteiger partial charge < -0.3 is 0 Å². The Morgan fingerprint density at radius 1 is 0.857 bits per heavy atom. The van der Waals surface area contributed by atoms with E-state index in [1.165, 1.54) is 11.1 Å². The minimum atomic E-state index is 0.592. The molecule has 2 heteroatoms. The summed E-state index contributed by atoms with van der Waals surface area (Å²) in [5.41, 5.74) is 2.53. The van der Waals surface area contributed by atoms with Crippen LogP contribution in [0.2, 0.25) is 0 Å². The van der Waals surface area contributed by atoms with Gasteiger partial charge in [-0.1, -0.05) is 74.5 Å². The molecule has 112 valence electrons. The molecule has 0 aliphatic carbocycles. The number of quaternary nitrogens is 1. The van der Waals surface area contributed by atoms with Crippen molar-refractivity contribution in [1.29, 1.82) is 0 Å². The Morgan fingerprint density at radius 2 is 1.38 bits per heavy atom. The van der Waals surface area contributed by atoms with Gasteiger partial charge in [0.2, 0.25) is 0 Å². The standard InChI is InChI=1S/C19H26NO/c1-17(2)14-20(3,15-18-10-6-4-7-11-18)21-16-19-12-8-5-9-13-19/h4-13,17H,14-16H2,1-3H3/q+1. The van der Waals surface area contributed by atoms with Crippen LogP contribution in [0.4, 0.5) is 0 Å². The van der Waals surface area contributed by atoms with Gasteiger partial charge in [-0.3, -0.25) is 0 Å². The van der Waals surface area contributed by atoms with Gasteiger partial charge in [0.05, 0.1) is 7.05 Å². The van der Waals surface area contributed by atoms with Gasteiger partial charge in [-0.15, -0.1) is 0 Å². The Labute approximate surface area is 128 Å². The van der Waals surface area contributed by atoms with E-state index in [4.69, 9.17) is 4.84 Å². The second-order valence-corrected chi connectivity index (χ2v) is 6.28. The van der Waals surface area contributed by atoms with Crippen LogP contribution >= 0.6 is 0 Å². The van der Waals surface area contributed by atoms with Crippen LogP contribution in [0.25, 0.3) is 0 Å². The lowest BCUT2D eigenvalue weighted by Gasteiger charge is -2.33. The normalized spacial score (nSPS) is 14.1. The zero-order chi connectivity index (χ0) is 15.1. The van der Waals surface area contributed by atoms with Crippen LogP contribution in [-0.4, -0.2) is 18.2 Å². The molecule has 0 spiro atoms. The molecule has 1 atom stereocenters. The van der Waals surface area contributed by atoms with Gasteiger partial charge in [0, 0.05) is 11.5 Å². The van der Waals surface area contributed by atoms with Crippen molar-refractivity contribution in [2.45, 2.75) is 27.0 Å². The van der Waals surface area contributed by atoms with Crippen LogP contribution < -0.4 is 0 Å². The molecule has 2 aromatic carbocycles. The van der Waals surface area contributed by atoms with Crippen LogP contribution in [0, 0.1) is 5.92 Å². The van der Waals surface area contributed by atoms with Crippen molar-refractivity contribution in [2.75, 3.05) is 13.6 Å². The zero-order valence-corrected chi connectivity index (χ0v) is 13.3. The molecule has 0 aliphatic rings. The van der Waals surface area contributed by atoms with E-state index in [0.717, 1.165) is 13.1 Å². The van der Waals surface area contributed by atoms with Gasteiger partial charge in [-0.25, -0.2) is 0 Å². The lowest BCUT2D eigenvalue weighted by molar-refractivity contribution is -1.11. The van der Waals surface area contributed by atoms with Crippen LogP contribution in [0.3, 0.4) is 0 Å². The van der Waals surface area contributed by atoms with Crippen LogP contribution in [-0.2, 0) is 18.0 Å². The van der Waals surface area contributed by atoms with E-state index in [2.05, 4.69) is 75.5 Å². The highest BCUT2D eigenvalue weighted by atomic mass is 16.7. The first-order valence-corrected chi connectivity index (χ1v) is 7.64. The molecule has 2 nitrogen and oxygen atoms in total. The largest absolute Gasteiger partial charge is 0.198 e. The molecule has 0 radical (unpaired) electrons. The quantitative estimate of drug-likeness (QED) is 0.540. The van der Waals surface area contributed by atoms with E-state index in [9.17, 15) is 0 Å². The number of rotatable bonds is 7. The Balaban J connectivity index is 2.05. The summed E-state index contributed by atoms with van der Waals surface area (Å²) in [6.45, 7) is 7.03. The maximum atomic E-state index is 6.27. The maximum absolute atomic E-state index is 6.27. The van der Waals surface area contributed by atoms with E-state index in [1.54, 1.807) is 0 Å². The van der Waals surface area contributed by atoms with Crippen molar-refractivity contribution < 1.29 is 9.48 Å². The minimum absolute atomic E-state index is 0.592. The van der Waals surface area contributed by atoms with Crippen molar-refractivity contribution in [3.63, 3.8) is 0 Å². The second-order valence-electron chi connectivity index (χ2n) is 6.28. The molecule has 0 amide bonds. The molecule has 0 aromatic heterocycles. The lowest BCUT2D eigenvalue weighted by Crippen LogP contribution is -2.45. The summed E-state index contributed by atoms with van der Waals surface area (Å²) >= 11 is 0. The Morgan fingerprint density at radius 3 is 1.90 bits per heavy atom. The summed E-state index contributed by atoms with van der Waals surface area (Å²) in [4.78, 5) is 6.27. The molecule has 2 aromatic rings. The number of benzene rings is 2. The average Bonchev–Trinajstić information content (AvgIpc) is 2.46. The fourth-order valence-electron chi connectivity index (χ4n) is 2.71. The van der Waals surface area contributed by atoms with Crippen molar-refractivity contribution in [3.05, 3.63) is 71.8 Å². The molecule has 21 heavy (non-hydrogen) atoms. The number of hydrogen-bond acceptors (Lipinski definition) is 1. The van der Waals surface area contributed by atoms with E-state index in [-0.39, 0.29) is 0 Å². The fraction of sp³-hybridized carbons (Fsp3) is 0.368. The van der Waals surface area contributed by atoms with Gasteiger partial charge in [0.15, 0.2) is 0 Å². The highest BCUT2D eigenvalue weighted by Crippen LogP contribution is 2.18. The van der Waals surface area contributed by atoms with Crippen molar-refractivity contribution >= 4 is 0 Å². The summed E-state index contributed by atoms with van der Waals surface area (Å²) in [6.07, 6.45) is 0. The molecule has 0 bridgehead atoms. The summed E-state index contributed by atoms with van der Waals surface area (Å²) in [7, 11) is 2.18. The van der Waals surface area contributed by atoms with Gasteiger partial charge in [0.1, 0.15) is 19.7 Å². The van der Waals surface area contributed by atoms with Crippen molar-refractivity contribution in [3.8, 4) is 0 Å². The van der Waals surface area contributed by atoms with E-state index >= 15 is 0 Å². The monoisotopic (exact) mass is 284 g/mol. The Kier molecular flexibility index (Phi) is 5.54. The Bertz CT molecular complexity index is 524. The highest BCUT2D eigenvalue weighted by Gasteiger charge is 2.26. The van der Waals surface area contributed by atoms with E-state index in [1.807, 2.05) is 6.07 Å². The summed E-state index contributed by atoms with van der Waals surface area (Å²) in [6, 6.07) is 21.0. The third kappa shape index (κ3) is 5.33. The molecule has 0 heterocycles. The molecular weight excluding hydrogens is 258 g/mol. The number of hydroxylamine groups is 3. The van der Waals surface area contributed by atoms with Gasteiger partial charge in [0.25, 0.3) is 0 Å². The molecule has 0 saturated heterocycles. The molecule has 0 aliphatic heterocycles. The van der Waals surface area contributed by atoms with E-state index in [0.29, 0.717) is 17.2 Å². The zero-order valence-electron chi connectivity index (χ0n) is 13.3. The third-order valence-corrected chi connectivity index (χ3v) is 3.50. The molecular formula is C19H26NO+. The summed E-state index contributed by atoms with van der Waals surface area (Å²) in [5.74, 6) is 0.592. The number of nitrogens with zero attached hydrogens (tertiary/aromatic N) is 1. The molecule has 0 saturated carbocycles. The first-order chi connectivity index (χ1) is 10.1. The molecule has 2 rings (SSSR count). The highest BCUT2D eigenvalue weighted by molar-refractivity contribution is 5.14. The Hall–Kier alpha value is -1.64. The van der Waals surface area contributed by atoms with Gasteiger partial charge in [-0.05, 0) is 5.56 Å². The topological polar surface area (TPSA) is 9.23 Å².